The van der Waals surface area contributed by atoms with E-state index >= 15 is 0 Å². The number of benzene rings is 2. The van der Waals surface area contributed by atoms with Gasteiger partial charge in [-0.15, -0.1) is 0 Å². The van der Waals surface area contributed by atoms with Crippen LogP contribution < -0.4 is 0 Å². The predicted molar refractivity (Wildman–Crippen MR) is 104 cm³/mol. The number of nitrogens with zero attached hydrogens (tertiary/aromatic N) is 2. The van der Waals surface area contributed by atoms with Crippen molar-refractivity contribution in [1.82, 2.24) is 9.21 Å². The second-order valence-corrected chi connectivity index (χ2v) is 9.33. The Balaban J connectivity index is 1.67. The first kappa shape index (κ1) is 18.6. The summed E-state index contributed by atoms with van der Waals surface area (Å²) in [6, 6.07) is 15.7. The molecular formula is C19H23BrN2O2S. The number of hydrogen-bond acceptors (Lipinski definition) is 3. The number of rotatable bonds is 4. The van der Waals surface area contributed by atoms with Crippen molar-refractivity contribution in [2.45, 2.75) is 24.8 Å². The molecule has 0 aliphatic carbocycles. The van der Waals surface area contributed by atoms with Crippen molar-refractivity contribution in [3.05, 3.63) is 64.1 Å². The van der Waals surface area contributed by atoms with Gasteiger partial charge in [-0.1, -0.05) is 45.8 Å². The lowest BCUT2D eigenvalue weighted by Crippen LogP contribution is -2.49. The van der Waals surface area contributed by atoms with E-state index in [9.17, 15) is 8.42 Å². The first-order valence-electron chi connectivity index (χ1n) is 8.44. The minimum Gasteiger partial charge on any atom is -0.294 e. The summed E-state index contributed by atoms with van der Waals surface area (Å²) in [5, 5.41) is 0. The van der Waals surface area contributed by atoms with E-state index in [4.69, 9.17) is 0 Å². The molecule has 0 amide bonds. The van der Waals surface area contributed by atoms with E-state index in [-0.39, 0.29) is 6.04 Å². The number of hydrogen-bond donors (Lipinski definition) is 0. The number of halogens is 1. The van der Waals surface area contributed by atoms with Gasteiger partial charge in [-0.05, 0) is 43.7 Å². The fraction of sp³-hybridized carbons (Fsp3) is 0.368. The van der Waals surface area contributed by atoms with E-state index in [1.165, 1.54) is 5.56 Å². The van der Waals surface area contributed by atoms with E-state index in [0.717, 1.165) is 23.1 Å². The topological polar surface area (TPSA) is 40.6 Å². The highest BCUT2D eigenvalue weighted by molar-refractivity contribution is 9.10. The zero-order chi connectivity index (χ0) is 18.0. The van der Waals surface area contributed by atoms with Gasteiger partial charge in [0.05, 0.1) is 4.90 Å². The fourth-order valence-corrected chi connectivity index (χ4v) is 4.83. The standard InChI is InChI=1S/C19H23BrN2O2S/c1-15-3-9-19(10-4-15)25(23,24)22-13-11-21(12-14-22)16(2)17-5-7-18(20)8-6-17/h3-10,16H,11-14H2,1-2H3/t16-/m0/s1. The lowest BCUT2D eigenvalue weighted by molar-refractivity contribution is 0.146. The highest BCUT2D eigenvalue weighted by Crippen LogP contribution is 2.25. The third-order valence-corrected chi connectivity index (χ3v) is 7.27. The van der Waals surface area contributed by atoms with Gasteiger partial charge < -0.3 is 0 Å². The van der Waals surface area contributed by atoms with Crippen LogP contribution in [0.4, 0.5) is 0 Å². The Bertz CT molecular complexity index is 812. The average Bonchev–Trinajstić information content (AvgIpc) is 2.62. The lowest BCUT2D eigenvalue weighted by Gasteiger charge is -2.37. The maximum absolute atomic E-state index is 12.8. The summed E-state index contributed by atoms with van der Waals surface area (Å²) < 4.78 is 28.2. The lowest BCUT2D eigenvalue weighted by atomic mass is 10.1. The normalized spacial score (nSPS) is 18.2. The molecule has 1 heterocycles. The summed E-state index contributed by atoms with van der Waals surface area (Å²) in [4.78, 5) is 2.72. The molecule has 25 heavy (non-hydrogen) atoms. The molecule has 0 N–H and O–H groups in total. The van der Waals surface area contributed by atoms with Crippen LogP contribution in [0.1, 0.15) is 24.1 Å². The minimum atomic E-state index is -3.40. The summed E-state index contributed by atoms with van der Waals surface area (Å²) in [5.41, 5.74) is 2.31. The van der Waals surface area contributed by atoms with Crippen molar-refractivity contribution >= 4 is 26.0 Å². The molecule has 3 rings (SSSR count). The zero-order valence-electron chi connectivity index (χ0n) is 14.5. The maximum Gasteiger partial charge on any atom is 0.243 e. The van der Waals surface area contributed by atoms with Crippen LogP contribution in [0.2, 0.25) is 0 Å². The summed E-state index contributed by atoms with van der Waals surface area (Å²) in [6.45, 7) is 6.66. The molecule has 2 aromatic rings. The van der Waals surface area contributed by atoms with Gasteiger partial charge in [-0.2, -0.15) is 4.31 Å². The van der Waals surface area contributed by atoms with Crippen molar-refractivity contribution in [2.75, 3.05) is 26.2 Å². The zero-order valence-corrected chi connectivity index (χ0v) is 16.9. The van der Waals surface area contributed by atoms with E-state index in [2.05, 4.69) is 39.9 Å². The van der Waals surface area contributed by atoms with E-state index in [1.54, 1.807) is 16.4 Å². The van der Waals surface area contributed by atoms with Gasteiger partial charge in [0.1, 0.15) is 0 Å². The highest BCUT2D eigenvalue weighted by Gasteiger charge is 2.30. The van der Waals surface area contributed by atoms with Crippen LogP contribution in [-0.2, 0) is 10.0 Å². The molecule has 0 bridgehead atoms. The van der Waals surface area contributed by atoms with Gasteiger partial charge >= 0.3 is 0 Å². The number of sulfonamides is 1. The van der Waals surface area contributed by atoms with Crippen LogP contribution in [0, 0.1) is 6.92 Å². The van der Waals surface area contributed by atoms with Gasteiger partial charge in [-0.3, -0.25) is 4.90 Å². The van der Waals surface area contributed by atoms with Crippen molar-refractivity contribution < 1.29 is 8.42 Å². The minimum absolute atomic E-state index is 0.275. The van der Waals surface area contributed by atoms with E-state index in [1.807, 2.05) is 31.2 Å². The second kappa shape index (κ2) is 7.58. The van der Waals surface area contributed by atoms with Crippen LogP contribution in [0.5, 0.6) is 0 Å². The first-order valence-corrected chi connectivity index (χ1v) is 10.7. The van der Waals surface area contributed by atoms with Crippen molar-refractivity contribution in [3.63, 3.8) is 0 Å². The Kier molecular flexibility index (Phi) is 5.63. The molecule has 4 nitrogen and oxygen atoms in total. The molecule has 0 unspecified atom stereocenters. The highest BCUT2D eigenvalue weighted by atomic mass is 79.9. The molecular weight excluding hydrogens is 400 g/mol. The first-order chi connectivity index (χ1) is 11.9. The van der Waals surface area contributed by atoms with Crippen LogP contribution in [0.15, 0.2) is 57.9 Å². The van der Waals surface area contributed by atoms with Gasteiger partial charge in [-0.25, -0.2) is 8.42 Å². The fourth-order valence-electron chi connectivity index (χ4n) is 3.14. The molecule has 0 aromatic heterocycles. The van der Waals surface area contributed by atoms with Crippen LogP contribution >= 0.6 is 15.9 Å². The summed E-state index contributed by atoms with van der Waals surface area (Å²) in [7, 11) is -3.40. The van der Waals surface area contributed by atoms with E-state index in [0.29, 0.717) is 18.0 Å². The Morgan fingerprint density at radius 1 is 0.920 bits per heavy atom. The largest absolute Gasteiger partial charge is 0.294 e. The summed E-state index contributed by atoms with van der Waals surface area (Å²) in [6.07, 6.45) is 0. The van der Waals surface area contributed by atoms with Crippen LogP contribution in [-0.4, -0.2) is 43.8 Å². The Hall–Kier alpha value is -1.21. The van der Waals surface area contributed by atoms with E-state index < -0.39 is 10.0 Å². The predicted octanol–water partition coefficient (Wildman–Crippen LogP) is 3.83. The van der Waals surface area contributed by atoms with Crippen molar-refractivity contribution in [2.24, 2.45) is 0 Å². The van der Waals surface area contributed by atoms with Crippen LogP contribution in [0.25, 0.3) is 0 Å². The number of aryl methyl sites for hydroxylation is 1. The Morgan fingerprint density at radius 2 is 1.48 bits per heavy atom. The summed E-state index contributed by atoms with van der Waals surface area (Å²) >= 11 is 3.46. The SMILES string of the molecule is Cc1ccc(S(=O)(=O)N2CCN([C@@H](C)c3ccc(Br)cc3)CC2)cc1. The molecule has 2 aromatic carbocycles. The van der Waals surface area contributed by atoms with Crippen molar-refractivity contribution in [3.8, 4) is 0 Å². The maximum atomic E-state index is 12.8. The van der Waals surface area contributed by atoms with Crippen LogP contribution in [0.3, 0.4) is 0 Å². The molecule has 6 heteroatoms. The molecule has 0 radical (unpaired) electrons. The molecule has 1 aliphatic rings. The molecule has 1 aliphatic heterocycles. The molecule has 1 saturated heterocycles. The molecule has 0 spiro atoms. The Morgan fingerprint density at radius 3 is 2.04 bits per heavy atom. The van der Waals surface area contributed by atoms with Gasteiger partial charge in [0.15, 0.2) is 0 Å². The van der Waals surface area contributed by atoms with Gasteiger partial charge in [0, 0.05) is 36.7 Å². The smallest absolute Gasteiger partial charge is 0.243 e. The third-order valence-electron chi connectivity index (χ3n) is 4.83. The number of piperazine rings is 1. The van der Waals surface area contributed by atoms with Crippen molar-refractivity contribution in [1.29, 1.82) is 0 Å². The molecule has 0 saturated carbocycles. The molecule has 134 valence electrons. The quantitative estimate of drug-likeness (QED) is 0.751. The molecule has 1 fully saturated rings. The summed E-state index contributed by atoms with van der Waals surface area (Å²) in [5.74, 6) is 0. The molecule has 1 atom stereocenters. The third kappa shape index (κ3) is 4.14. The van der Waals surface area contributed by atoms with Gasteiger partial charge in [0.2, 0.25) is 10.0 Å². The van der Waals surface area contributed by atoms with Gasteiger partial charge in [0.25, 0.3) is 0 Å². The average molecular weight is 423 g/mol. The second-order valence-electron chi connectivity index (χ2n) is 6.48. The Labute approximate surface area is 158 Å². The monoisotopic (exact) mass is 422 g/mol.